The fourth-order valence-corrected chi connectivity index (χ4v) is 4.20. The summed E-state index contributed by atoms with van der Waals surface area (Å²) >= 11 is 0. The van der Waals surface area contributed by atoms with E-state index in [0.717, 1.165) is 18.4 Å². The highest BCUT2D eigenvalue weighted by atomic mass is 32.2. The first-order valence-corrected chi connectivity index (χ1v) is 9.73. The molecule has 0 bridgehead atoms. The van der Waals surface area contributed by atoms with Crippen LogP contribution in [0.1, 0.15) is 38.2 Å². The Labute approximate surface area is 139 Å². The zero-order valence-electron chi connectivity index (χ0n) is 14.0. The minimum absolute atomic E-state index is 0.140. The Morgan fingerprint density at radius 3 is 2.43 bits per heavy atom. The Morgan fingerprint density at radius 1 is 1.09 bits per heavy atom. The summed E-state index contributed by atoms with van der Waals surface area (Å²) in [6.07, 6.45) is 3.12. The monoisotopic (exact) mass is 338 g/mol. The first-order valence-electron chi connectivity index (χ1n) is 8.29. The molecule has 0 unspecified atom stereocenters. The van der Waals surface area contributed by atoms with Gasteiger partial charge >= 0.3 is 0 Å². The molecule has 1 heterocycles. The summed E-state index contributed by atoms with van der Waals surface area (Å²) in [4.78, 5) is 14.3. The third-order valence-electron chi connectivity index (χ3n) is 4.21. The highest BCUT2D eigenvalue weighted by Gasteiger charge is 2.27. The molecule has 6 heteroatoms. The number of benzene rings is 1. The number of aryl methyl sites for hydroxylation is 1. The number of unbranched alkanes of at least 4 members (excludes halogenated alkanes) is 1. The van der Waals surface area contributed by atoms with E-state index in [-0.39, 0.29) is 5.91 Å². The van der Waals surface area contributed by atoms with Crippen LogP contribution >= 0.6 is 0 Å². The molecule has 23 heavy (non-hydrogen) atoms. The van der Waals surface area contributed by atoms with E-state index in [1.165, 1.54) is 4.31 Å². The van der Waals surface area contributed by atoms with Crippen LogP contribution in [0.2, 0.25) is 0 Å². The number of hydrogen-bond acceptors (Lipinski definition) is 3. The number of hydrogen-bond donors (Lipinski definition) is 0. The van der Waals surface area contributed by atoms with Crippen molar-refractivity contribution in [3.8, 4) is 0 Å². The van der Waals surface area contributed by atoms with Crippen molar-refractivity contribution in [3.05, 3.63) is 29.8 Å². The fraction of sp³-hybridized carbons (Fsp3) is 0.588. The number of rotatable bonds is 5. The average Bonchev–Trinajstić information content (AvgIpc) is 2.79. The minimum Gasteiger partial charge on any atom is -0.341 e. The highest BCUT2D eigenvalue weighted by Crippen LogP contribution is 2.18. The van der Waals surface area contributed by atoms with Gasteiger partial charge in [-0.05, 0) is 31.9 Å². The molecule has 0 aliphatic carbocycles. The van der Waals surface area contributed by atoms with Crippen molar-refractivity contribution in [3.63, 3.8) is 0 Å². The van der Waals surface area contributed by atoms with Gasteiger partial charge in [0.2, 0.25) is 15.9 Å². The van der Waals surface area contributed by atoms with Gasteiger partial charge in [-0.25, -0.2) is 8.42 Å². The topological polar surface area (TPSA) is 57.7 Å². The van der Waals surface area contributed by atoms with Gasteiger partial charge < -0.3 is 4.90 Å². The van der Waals surface area contributed by atoms with Crippen molar-refractivity contribution in [2.45, 2.75) is 44.4 Å². The second-order valence-corrected chi connectivity index (χ2v) is 7.99. The molecule has 1 aromatic rings. The van der Waals surface area contributed by atoms with Gasteiger partial charge in [0, 0.05) is 32.6 Å². The van der Waals surface area contributed by atoms with Crippen LogP contribution in [-0.4, -0.2) is 49.7 Å². The van der Waals surface area contributed by atoms with E-state index in [1.807, 2.05) is 19.1 Å². The summed E-state index contributed by atoms with van der Waals surface area (Å²) in [7, 11) is -3.47. The maximum absolute atomic E-state index is 12.7. The molecule has 0 aromatic heterocycles. The molecule has 0 atom stereocenters. The molecule has 5 nitrogen and oxygen atoms in total. The molecular formula is C17H26N2O3S. The lowest BCUT2D eigenvalue weighted by Gasteiger charge is -2.22. The Kier molecular flexibility index (Phi) is 6.18. The Balaban J connectivity index is 2.04. The molecule has 0 spiro atoms. The summed E-state index contributed by atoms with van der Waals surface area (Å²) in [5.74, 6) is 0.140. The largest absolute Gasteiger partial charge is 0.341 e. The van der Waals surface area contributed by atoms with Gasteiger partial charge in [0.25, 0.3) is 0 Å². The third kappa shape index (κ3) is 4.54. The third-order valence-corrected chi connectivity index (χ3v) is 6.12. The summed E-state index contributed by atoms with van der Waals surface area (Å²) in [5, 5.41) is 0. The van der Waals surface area contributed by atoms with Gasteiger partial charge in [-0.3, -0.25) is 4.79 Å². The van der Waals surface area contributed by atoms with E-state index in [1.54, 1.807) is 17.0 Å². The van der Waals surface area contributed by atoms with Gasteiger partial charge in [-0.15, -0.1) is 0 Å². The predicted octanol–water partition coefficient (Wildman–Crippen LogP) is 2.41. The lowest BCUT2D eigenvalue weighted by molar-refractivity contribution is -0.131. The molecular weight excluding hydrogens is 312 g/mol. The van der Waals surface area contributed by atoms with Crippen molar-refractivity contribution in [2.75, 3.05) is 26.2 Å². The molecule has 1 aliphatic heterocycles. The fourth-order valence-electron chi connectivity index (χ4n) is 2.73. The number of carbonyl (C=O) groups is 1. The Bertz CT molecular complexity index is 626. The van der Waals surface area contributed by atoms with Crippen molar-refractivity contribution in [1.29, 1.82) is 0 Å². The zero-order valence-corrected chi connectivity index (χ0v) is 14.8. The minimum atomic E-state index is -3.47. The van der Waals surface area contributed by atoms with Gasteiger partial charge in [0.05, 0.1) is 4.90 Å². The average molecular weight is 338 g/mol. The first-order chi connectivity index (χ1) is 10.9. The van der Waals surface area contributed by atoms with E-state index in [4.69, 9.17) is 0 Å². The van der Waals surface area contributed by atoms with Crippen molar-refractivity contribution in [1.82, 2.24) is 9.21 Å². The number of amides is 1. The Hall–Kier alpha value is -1.40. The number of carbonyl (C=O) groups excluding carboxylic acids is 1. The standard InChI is InChI=1S/C17H26N2O3S/c1-3-4-6-17(20)18-11-5-12-19(14-13-18)23(21,22)16-9-7-15(2)8-10-16/h7-10H,3-6,11-14H2,1-2H3. The summed E-state index contributed by atoms with van der Waals surface area (Å²) in [6, 6.07) is 6.93. The maximum atomic E-state index is 12.7. The van der Waals surface area contributed by atoms with Crippen LogP contribution in [0.5, 0.6) is 0 Å². The quantitative estimate of drug-likeness (QED) is 0.828. The molecule has 0 N–H and O–H groups in total. The normalized spacial score (nSPS) is 17.0. The second-order valence-electron chi connectivity index (χ2n) is 6.06. The zero-order chi connectivity index (χ0) is 16.9. The lowest BCUT2D eigenvalue weighted by atomic mass is 10.2. The summed E-state index contributed by atoms with van der Waals surface area (Å²) < 4.78 is 26.9. The predicted molar refractivity (Wildman–Crippen MR) is 90.7 cm³/mol. The molecule has 1 aliphatic rings. The van der Waals surface area contributed by atoms with E-state index in [0.29, 0.717) is 43.9 Å². The molecule has 128 valence electrons. The lowest BCUT2D eigenvalue weighted by Crippen LogP contribution is -2.37. The van der Waals surface area contributed by atoms with Crippen molar-refractivity contribution in [2.24, 2.45) is 0 Å². The molecule has 1 amide bonds. The highest BCUT2D eigenvalue weighted by molar-refractivity contribution is 7.89. The van der Waals surface area contributed by atoms with Crippen LogP contribution in [-0.2, 0) is 14.8 Å². The number of nitrogens with zero attached hydrogens (tertiary/aromatic N) is 2. The molecule has 1 saturated heterocycles. The summed E-state index contributed by atoms with van der Waals surface area (Å²) in [5.41, 5.74) is 1.03. The smallest absolute Gasteiger partial charge is 0.243 e. The second kappa shape index (κ2) is 7.93. The summed E-state index contributed by atoms with van der Waals surface area (Å²) in [6.45, 7) is 5.95. The molecule has 0 radical (unpaired) electrons. The molecule has 1 fully saturated rings. The van der Waals surface area contributed by atoms with Gasteiger partial charge in [0.1, 0.15) is 0 Å². The SMILES string of the molecule is CCCCC(=O)N1CCCN(S(=O)(=O)c2ccc(C)cc2)CC1. The maximum Gasteiger partial charge on any atom is 0.243 e. The molecule has 2 rings (SSSR count). The van der Waals surface area contributed by atoms with Crippen LogP contribution in [0.15, 0.2) is 29.2 Å². The van der Waals surface area contributed by atoms with Crippen LogP contribution in [0.3, 0.4) is 0 Å². The van der Waals surface area contributed by atoms with Crippen molar-refractivity contribution < 1.29 is 13.2 Å². The van der Waals surface area contributed by atoms with Gasteiger partial charge in [0.15, 0.2) is 0 Å². The van der Waals surface area contributed by atoms with Crippen LogP contribution in [0, 0.1) is 6.92 Å². The van der Waals surface area contributed by atoms with E-state index in [9.17, 15) is 13.2 Å². The van der Waals surface area contributed by atoms with E-state index >= 15 is 0 Å². The molecule has 1 aromatic carbocycles. The van der Waals surface area contributed by atoms with Crippen LogP contribution in [0.4, 0.5) is 0 Å². The first kappa shape index (κ1) is 17.9. The van der Waals surface area contributed by atoms with Gasteiger partial charge in [-0.2, -0.15) is 4.31 Å². The van der Waals surface area contributed by atoms with E-state index in [2.05, 4.69) is 6.92 Å². The van der Waals surface area contributed by atoms with Crippen LogP contribution in [0.25, 0.3) is 0 Å². The number of sulfonamides is 1. The van der Waals surface area contributed by atoms with Crippen LogP contribution < -0.4 is 0 Å². The molecule has 0 saturated carbocycles. The van der Waals surface area contributed by atoms with Crippen molar-refractivity contribution >= 4 is 15.9 Å². The van der Waals surface area contributed by atoms with E-state index < -0.39 is 10.0 Å². The van der Waals surface area contributed by atoms with Gasteiger partial charge in [-0.1, -0.05) is 31.0 Å². The Morgan fingerprint density at radius 2 is 1.78 bits per heavy atom.